The summed E-state index contributed by atoms with van der Waals surface area (Å²) in [5.74, 6) is 1.52. The topological polar surface area (TPSA) is 36.7 Å². The van der Waals surface area contributed by atoms with Gasteiger partial charge in [0.05, 0.1) is 16.7 Å². The van der Waals surface area contributed by atoms with E-state index in [9.17, 15) is 4.39 Å². The zero-order valence-electron chi connectivity index (χ0n) is 17.3. The number of benzene rings is 1. The molecule has 0 unspecified atom stereocenters. The van der Waals surface area contributed by atoms with E-state index in [1.807, 2.05) is 6.07 Å². The summed E-state index contributed by atoms with van der Waals surface area (Å²) in [6.45, 7) is 4.15. The lowest BCUT2D eigenvalue weighted by atomic mass is 10.2. The van der Waals surface area contributed by atoms with Gasteiger partial charge >= 0.3 is 0 Å². The molecule has 2 aliphatic rings. The van der Waals surface area contributed by atoms with Crippen LogP contribution in [-0.4, -0.2) is 52.5 Å². The number of rotatable bonds is 3. The minimum atomic E-state index is -0.207. The van der Waals surface area contributed by atoms with Crippen molar-refractivity contribution in [3.8, 4) is 0 Å². The summed E-state index contributed by atoms with van der Waals surface area (Å²) in [6.07, 6.45) is 4.68. The average molecular weight is 404 g/mol. The first kappa shape index (κ1) is 18.1. The number of aromatic nitrogens is 3. The minimum Gasteiger partial charge on any atom is -0.355 e. The summed E-state index contributed by atoms with van der Waals surface area (Å²) in [5, 5.41) is 0.907. The van der Waals surface area contributed by atoms with Gasteiger partial charge in [-0.15, -0.1) is 0 Å². The van der Waals surface area contributed by atoms with Crippen LogP contribution in [0.15, 0.2) is 36.4 Å². The zero-order chi connectivity index (χ0) is 20.2. The maximum absolute atomic E-state index is 13.9. The van der Waals surface area contributed by atoms with Crippen molar-refractivity contribution in [3.63, 3.8) is 0 Å². The lowest BCUT2D eigenvalue weighted by Gasteiger charge is -2.22. The highest BCUT2D eigenvalue weighted by Gasteiger charge is 2.25. The van der Waals surface area contributed by atoms with E-state index in [0.29, 0.717) is 0 Å². The minimum absolute atomic E-state index is 0.207. The summed E-state index contributed by atoms with van der Waals surface area (Å²) in [7, 11) is 2.18. The molecule has 0 spiro atoms. The van der Waals surface area contributed by atoms with Gasteiger partial charge in [-0.25, -0.2) is 14.4 Å². The number of halogens is 1. The van der Waals surface area contributed by atoms with Crippen LogP contribution in [0.5, 0.6) is 0 Å². The van der Waals surface area contributed by atoms with Gasteiger partial charge in [0, 0.05) is 25.0 Å². The fraction of sp³-hybridized carbons (Fsp3) is 0.417. The number of hydrogen-bond donors (Lipinski definition) is 0. The van der Waals surface area contributed by atoms with Crippen LogP contribution in [0.3, 0.4) is 0 Å². The quantitative estimate of drug-likeness (QED) is 0.512. The van der Waals surface area contributed by atoms with Gasteiger partial charge in [-0.3, -0.25) is 4.40 Å². The van der Waals surface area contributed by atoms with Crippen molar-refractivity contribution in [3.05, 3.63) is 47.9 Å². The molecule has 1 aromatic carbocycles. The molecule has 5 nitrogen and oxygen atoms in total. The SMILES string of the molecule is CN1CCCN(c2ccc3nc(CC4CC4)c4cc5cc(F)ccc5n4c3n2)CC1. The van der Waals surface area contributed by atoms with Gasteiger partial charge in [0.15, 0.2) is 5.65 Å². The Balaban J connectivity index is 1.56. The first-order valence-electron chi connectivity index (χ1n) is 11.0. The summed E-state index contributed by atoms with van der Waals surface area (Å²) < 4.78 is 16.1. The Bertz CT molecular complexity index is 1260. The summed E-state index contributed by atoms with van der Waals surface area (Å²) in [4.78, 5) is 14.8. The maximum atomic E-state index is 13.9. The molecule has 0 amide bonds. The Labute approximate surface area is 175 Å². The Morgan fingerprint density at radius 2 is 1.87 bits per heavy atom. The van der Waals surface area contributed by atoms with Gasteiger partial charge < -0.3 is 9.80 Å². The molecule has 30 heavy (non-hydrogen) atoms. The van der Waals surface area contributed by atoms with Gasteiger partial charge in [0.25, 0.3) is 0 Å². The van der Waals surface area contributed by atoms with Gasteiger partial charge in [-0.1, -0.05) is 0 Å². The number of fused-ring (bicyclic) bond motifs is 5. The molecule has 6 heteroatoms. The highest BCUT2D eigenvalue weighted by atomic mass is 19.1. The summed E-state index contributed by atoms with van der Waals surface area (Å²) in [6, 6.07) is 11.3. The molecule has 4 heterocycles. The Morgan fingerprint density at radius 1 is 0.967 bits per heavy atom. The van der Waals surface area contributed by atoms with Crippen LogP contribution in [0, 0.1) is 11.7 Å². The average Bonchev–Trinajstić information content (AvgIpc) is 3.51. The van der Waals surface area contributed by atoms with Gasteiger partial charge in [-0.05, 0) is 81.6 Å². The molecule has 0 bridgehead atoms. The van der Waals surface area contributed by atoms with E-state index in [4.69, 9.17) is 9.97 Å². The first-order chi connectivity index (χ1) is 14.7. The zero-order valence-corrected chi connectivity index (χ0v) is 17.3. The molecule has 4 aromatic rings. The molecule has 1 saturated carbocycles. The third-order valence-corrected chi connectivity index (χ3v) is 6.59. The van der Waals surface area contributed by atoms with Gasteiger partial charge in [-0.2, -0.15) is 0 Å². The van der Waals surface area contributed by atoms with Crippen LogP contribution in [0.1, 0.15) is 25.0 Å². The molecule has 0 atom stereocenters. The smallest absolute Gasteiger partial charge is 0.166 e. The van der Waals surface area contributed by atoms with E-state index in [2.05, 4.69) is 39.4 Å². The molecule has 6 rings (SSSR count). The molecule has 0 radical (unpaired) electrons. The van der Waals surface area contributed by atoms with Crippen molar-refractivity contribution in [2.75, 3.05) is 38.1 Å². The monoisotopic (exact) mass is 403 g/mol. The van der Waals surface area contributed by atoms with Crippen LogP contribution >= 0.6 is 0 Å². The van der Waals surface area contributed by atoms with Crippen LogP contribution in [-0.2, 0) is 6.42 Å². The van der Waals surface area contributed by atoms with E-state index in [1.54, 1.807) is 6.07 Å². The predicted molar refractivity (Wildman–Crippen MR) is 119 cm³/mol. The highest BCUT2D eigenvalue weighted by Crippen LogP contribution is 2.35. The third kappa shape index (κ3) is 3.10. The van der Waals surface area contributed by atoms with Gasteiger partial charge in [0.2, 0.25) is 0 Å². The molecular formula is C24H26FN5. The Hall–Kier alpha value is -2.73. The molecule has 2 fully saturated rings. The standard InChI is InChI=1S/C24H26FN5/c1-28-9-2-10-29(12-11-28)23-8-6-19-24(27-23)30-21-7-5-18(25)14-17(21)15-22(30)20(26-19)13-16-3-4-16/h5-8,14-16H,2-4,9-13H2,1H3. The normalized spacial score (nSPS) is 18.5. The number of hydrogen-bond acceptors (Lipinski definition) is 4. The molecule has 1 aliphatic heterocycles. The lowest BCUT2D eigenvalue weighted by molar-refractivity contribution is 0.360. The number of anilines is 1. The molecule has 0 N–H and O–H groups in total. The first-order valence-corrected chi connectivity index (χ1v) is 11.0. The fourth-order valence-electron chi connectivity index (χ4n) is 4.71. The summed E-state index contributed by atoms with van der Waals surface area (Å²) in [5.41, 5.74) is 4.94. The van der Waals surface area contributed by atoms with Crippen molar-refractivity contribution < 1.29 is 4.39 Å². The predicted octanol–water partition coefficient (Wildman–Crippen LogP) is 4.27. The third-order valence-electron chi connectivity index (χ3n) is 6.59. The second-order valence-corrected chi connectivity index (χ2v) is 8.93. The fourth-order valence-corrected chi connectivity index (χ4v) is 4.71. The van der Waals surface area contributed by atoms with Crippen LogP contribution in [0.2, 0.25) is 0 Å². The second-order valence-electron chi connectivity index (χ2n) is 8.93. The molecule has 3 aromatic heterocycles. The van der Waals surface area contributed by atoms with E-state index in [-0.39, 0.29) is 5.82 Å². The van der Waals surface area contributed by atoms with E-state index in [0.717, 1.165) is 84.0 Å². The summed E-state index contributed by atoms with van der Waals surface area (Å²) >= 11 is 0. The molecule has 1 saturated heterocycles. The Kier molecular flexibility index (Phi) is 4.16. The van der Waals surface area contributed by atoms with Crippen molar-refractivity contribution >= 4 is 33.4 Å². The van der Waals surface area contributed by atoms with Crippen LogP contribution < -0.4 is 4.90 Å². The molecular weight excluding hydrogens is 377 g/mol. The second kappa shape index (κ2) is 6.91. The van der Waals surface area contributed by atoms with E-state index < -0.39 is 0 Å². The highest BCUT2D eigenvalue weighted by molar-refractivity contribution is 5.93. The molecule has 1 aliphatic carbocycles. The van der Waals surface area contributed by atoms with Gasteiger partial charge in [0.1, 0.15) is 17.2 Å². The number of likely N-dealkylation sites (N-methyl/N-ethyl adjacent to an activating group) is 1. The van der Waals surface area contributed by atoms with E-state index in [1.165, 1.54) is 18.9 Å². The lowest BCUT2D eigenvalue weighted by Crippen LogP contribution is -2.29. The van der Waals surface area contributed by atoms with Crippen molar-refractivity contribution in [1.29, 1.82) is 0 Å². The number of pyridine rings is 1. The number of nitrogens with zero attached hydrogens (tertiary/aromatic N) is 5. The van der Waals surface area contributed by atoms with Crippen LogP contribution in [0.25, 0.3) is 27.6 Å². The van der Waals surface area contributed by atoms with Crippen LogP contribution in [0.4, 0.5) is 10.2 Å². The van der Waals surface area contributed by atoms with E-state index >= 15 is 0 Å². The van der Waals surface area contributed by atoms with Crippen molar-refractivity contribution in [2.24, 2.45) is 5.92 Å². The maximum Gasteiger partial charge on any atom is 0.166 e. The van der Waals surface area contributed by atoms with Crippen molar-refractivity contribution in [2.45, 2.75) is 25.7 Å². The largest absolute Gasteiger partial charge is 0.355 e. The Morgan fingerprint density at radius 3 is 2.73 bits per heavy atom. The van der Waals surface area contributed by atoms with Crippen molar-refractivity contribution in [1.82, 2.24) is 19.3 Å². The molecule has 154 valence electrons.